The summed E-state index contributed by atoms with van der Waals surface area (Å²) in [7, 11) is 0. The van der Waals surface area contributed by atoms with E-state index in [1.54, 1.807) is 12.3 Å². The van der Waals surface area contributed by atoms with E-state index in [0.717, 1.165) is 17.9 Å². The number of furan rings is 1. The molecule has 1 N–H and O–H groups in total. The van der Waals surface area contributed by atoms with E-state index in [-0.39, 0.29) is 12.6 Å². The van der Waals surface area contributed by atoms with Gasteiger partial charge in [0.15, 0.2) is 17.5 Å². The Morgan fingerprint density at radius 1 is 1.21 bits per heavy atom. The van der Waals surface area contributed by atoms with Gasteiger partial charge in [0.1, 0.15) is 5.76 Å². The topological polar surface area (TPSA) is 25.2 Å². The predicted molar refractivity (Wildman–Crippen MR) is 65.0 cm³/mol. The van der Waals surface area contributed by atoms with Gasteiger partial charge in [-0.1, -0.05) is 0 Å². The van der Waals surface area contributed by atoms with Crippen LogP contribution < -0.4 is 5.32 Å². The first-order valence-electron chi connectivity index (χ1n) is 5.95. The Morgan fingerprint density at radius 2 is 1.89 bits per heavy atom. The Morgan fingerprint density at radius 3 is 2.47 bits per heavy atom. The minimum absolute atomic E-state index is 0.0716. The van der Waals surface area contributed by atoms with E-state index in [9.17, 15) is 13.2 Å². The third-order valence-electron chi connectivity index (χ3n) is 2.79. The molecule has 19 heavy (non-hydrogen) atoms. The van der Waals surface area contributed by atoms with Crippen LogP contribution in [0.4, 0.5) is 13.2 Å². The van der Waals surface area contributed by atoms with Crippen molar-refractivity contribution in [3.05, 3.63) is 59.3 Å². The van der Waals surface area contributed by atoms with Crippen molar-refractivity contribution < 1.29 is 17.6 Å². The summed E-state index contributed by atoms with van der Waals surface area (Å²) in [4.78, 5) is 0. The fourth-order valence-corrected chi connectivity index (χ4v) is 1.80. The normalized spacial score (nSPS) is 12.6. The van der Waals surface area contributed by atoms with Gasteiger partial charge >= 0.3 is 0 Å². The summed E-state index contributed by atoms with van der Waals surface area (Å²) in [6.07, 6.45) is 2.26. The van der Waals surface area contributed by atoms with Crippen LogP contribution in [0.2, 0.25) is 0 Å². The van der Waals surface area contributed by atoms with Crippen molar-refractivity contribution in [2.75, 3.05) is 0 Å². The van der Waals surface area contributed by atoms with Crippen LogP contribution in [0.3, 0.4) is 0 Å². The summed E-state index contributed by atoms with van der Waals surface area (Å²) >= 11 is 0. The Bertz CT molecular complexity index is 517. The molecular formula is C14H14F3NO. The van der Waals surface area contributed by atoms with Crippen LogP contribution >= 0.6 is 0 Å². The maximum atomic E-state index is 13.0. The molecule has 1 unspecified atom stereocenters. The molecule has 0 bridgehead atoms. The standard InChI is InChI=1S/C14H14F3NO/c1-9(5-11-3-2-4-19-11)18-8-10-6-12(15)14(17)13(16)7-10/h2-4,6-7,9,18H,5,8H2,1H3. The third-order valence-corrected chi connectivity index (χ3v) is 2.79. The summed E-state index contributed by atoms with van der Waals surface area (Å²) < 4.78 is 44.0. The van der Waals surface area contributed by atoms with Gasteiger partial charge in [0.25, 0.3) is 0 Å². The summed E-state index contributed by atoms with van der Waals surface area (Å²) in [6, 6.07) is 5.71. The van der Waals surface area contributed by atoms with Crippen LogP contribution in [-0.2, 0) is 13.0 Å². The molecule has 102 valence electrons. The summed E-state index contributed by atoms with van der Waals surface area (Å²) in [5, 5.41) is 3.10. The van der Waals surface area contributed by atoms with E-state index in [2.05, 4.69) is 5.32 Å². The minimum Gasteiger partial charge on any atom is -0.469 e. The van der Waals surface area contributed by atoms with Crippen LogP contribution in [0, 0.1) is 17.5 Å². The zero-order chi connectivity index (χ0) is 13.8. The number of hydrogen-bond acceptors (Lipinski definition) is 2. The Balaban J connectivity index is 1.91. The second kappa shape index (κ2) is 5.93. The van der Waals surface area contributed by atoms with Gasteiger partial charge in [-0.15, -0.1) is 0 Å². The number of benzene rings is 1. The molecule has 2 aromatic rings. The molecular weight excluding hydrogens is 255 g/mol. The van der Waals surface area contributed by atoms with E-state index < -0.39 is 17.5 Å². The van der Waals surface area contributed by atoms with Gasteiger partial charge in [-0.3, -0.25) is 0 Å². The van der Waals surface area contributed by atoms with Crippen molar-refractivity contribution in [1.29, 1.82) is 0 Å². The van der Waals surface area contributed by atoms with Gasteiger partial charge in [-0.25, -0.2) is 13.2 Å². The molecule has 1 aromatic carbocycles. The van der Waals surface area contributed by atoms with E-state index in [0.29, 0.717) is 12.0 Å². The van der Waals surface area contributed by atoms with Crippen molar-refractivity contribution in [3.63, 3.8) is 0 Å². The molecule has 1 atom stereocenters. The molecule has 0 aliphatic rings. The number of halogens is 3. The maximum absolute atomic E-state index is 13.0. The molecule has 0 spiro atoms. The fraction of sp³-hybridized carbons (Fsp3) is 0.286. The molecule has 0 aliphatic heterocycles. The van der Waals surface area contributed by atoms with E-state index in [1.807, 2.05) is 13.0 Å². The lowest BCUT2D eigenvalue weighted by Gasteiger charge is -2.12. The van der Waals surface area contributed by atoms with Crippen LogP contribution in [0.1, 0.15) is 18.2 Å². The molecule has 0 saturated carbocycles. The van der Waals surface area contributed by atoms with E-state index in [1.165, 1.54) is 0 Å². The van der Waals surface area contributed by atoms with Gasteiger partial charge < -0.3 is 9.73 Å². The van der Waals surface area contributed by atoms with Gasteiger partial charge in [-0.2, -0.15) is 0 Å². The lowest BCUT2D eigenvalue weighted by molar-refractivity contribution is 0.438. The monoisotopic (exact) mass is 269 g/mol. The Hall–Kier alpha value is -1.75. The zero-order valence-electron chi connectivity index (χ0n) is 10.4. The number of nitrogens with one attached hydrogen (secondary N) is 1. The van der Waals surface area contributed by atoms with Crippen molar-refractivity contribution in [1.82, 2.24) is 5.32 Å². The SMILES string of the molecule is CC(Cc1ccco1)NCc1cc(F)c(F)c(F)c1. The largest absolute Gasteiger partial charge is 0.469 e. The highest BCUT2D eigenvalue weighted by atomic mass is 19.2. The highest BCUT2D eigenvalue weighted by molar-refractivity contribution is 5.19. The Kier molecular flexibility index (Phi) is 4.27. The average Bonchev–Trinajstić information content (AvgIpc) is 2.86. The smallest absolute Gasteiger partial charge is 0.194 e. The van der Waals surface area contributed by atoms with Gasteiger partial charge in [0, 0.05) is 19.0 Å². The van der Waals surface area contributed by atoms with Crippen LogP contribution in [0.25, 0.3) is 0 Å². The summed E-state index contributed by atoms with van der Waals surface area (Å²) in [6.45, 7) is 2.19. The third kappa shape index (κ3) is 3.61. The second-order valence-electron chi connectivity index (χ2n) is 4.44. The molecule has 5 heteroatoms. The second-order valence-corrected chi connectivity index (χ2v) is 4.44. The van der Waals surface area contributed by atoms with Crippen molar-refractivity contribution in [2.24, 2.45) is 0 Å². The van der Waals surface area contributed by atoms with Crippen molar-refractivity contribution in [2.45, 2.75) is 25.9 Å². The van der Waals surface area contributed by atoms with Crippen molar-refractivity contribution in [3.8, 4) is 0 Å². The fourth-order valence-electron chi connectivity index (χ4n) is 1.80. The van der Waals surface area contributed by atoms with E-state index >= 15 is 0 Å². The highest BCUT2D eigenvalue weighted by Crippen LogP contribution is 2.13. The average molecular weight is 269 g/mol. The van der Waals surface area contributed by atoms with Crippen LogP contribution in [0.5, 0.6) is 0 Å². The quantitative estimate of drug-likeness (QED) is 0.841. The first kappa shape index (κ1) is 13.7. The number of rotatable bonds is 5. The highest BCUT2D eigenvalue weighted by Gasteiger charge is 2.11. The molecule has 2 rings (SSSR count). The molecule has 0 fully saturated rings. The first-order chi connectivity index (χ1) is 9.06. The molecule has 0 aliphatic carbocycles. The Labute approximate surface area is 109 Å². The summed E-state index contributed by atoms with van der Waals surface area (Å²) in [5.41, 5.74) is 0.364. The molecule has 0 amide bonds. The lowest BCUT2D eigenvalue weighted by atomic mass is 10.1. The van der Waals surface area contributed by atoms with Crippen LogP contribution in [-0.4, -0.2) is 6.04 Å². The zero-order valence-corrected chi connectivity index (χ0v) is 10.4. The summed E-state index contributed by atoms with van der Waals surface area (Å²) in [5.74, 6) is -2.95. The molecule has 1 heterocycles. The number of hydrogen-bond donors (Lipinski definition) is 1. The predicted octanol–water partition coefficient (Wildman–Crippen LogP) is 3.42. The lowest BCUT2D eigenvalue weighted by Crippen LogP contribution is -2.27. The molecule has 1 aromatic heterocycles. The molecule has 0 radical (unpaired) electrons. The van der Waals surface area contributed by atoms with Crippen LogP contribution in [0.15, 0.2) is 34.9 Å². The van der Waals surface area contributed by atoms with Gasteiger partial charge in [-0.05, 0) is 36.8 Å². The van der Waals surface area contributed by atoms with Gasteiger partial charge in [0.2, 0.25) is 0 Å². The van der Waals surface area contributed by atoms with Gasteiger partial charge in [0.05, 0.1) is 6.26 Å². The minimum atomic E-state index is -1.44. The maximum Gasteiger partial charge on any atom is 0.194 e. The van der Waals surface area contributed by atoms with E-state index in [4.69, 9.17) is 4.42 Å². The molecule has 2 nitrogen and oxygen atoms in total. The first-order valence-corrected chi connectivity index (χ1v) is 5.95. The van der Waals surface area contributed by atoms with Crippen molar-refractivity contribution >= 4 is 0 Å². The molecule has 0 saturated heterocycles.